The molecule has 0 spiro atoms. The maximum atomic E-state index is 5.44. The van der Waals surface area contributed by atoms with Crippen molar-refractivity contribution in [2.75, 3.05) is 13.2 Å². The van der Waals surface area contributed by atoms with E-state index in [1.54, 1.807) is 0 Å². The van der Waals surface area contributed by atoms with E-state index in [1.165, 1.54) is 0 Å². The van der Waals surface area contributed by atoms with Gasteiger partial charge in [-0.05, 0) is 19.8 Å². The lowest BCUT2D eigenvalue weighted by molar-refractivity contribution is 0.0533. The molecule has 0 amide bonds. The summed E-state index contributed by atoms with van der Waals surface area (Å²) in [5, 5.41) is 8.06. The van der Waals surface area contributed by atoms with Crippen molar-refractivity contribution in [3.63, 3.8) is 0 Å². The van der Waals surface area contributed by atoms with Gasteiger partial charge in [-0.2, -0.15) is 0 Å². The lowest BCUT2D eigenvalue weighted by Gasteiger charge is -2.23. The van der Waals surface area contributed by atoms with Gasteiger partial charge in [0, 0.05) is 6.61 Å². The van der Waals surface area contributed by atoms with E-state index in [1.807, 2.05) is 10.9 Å². The molecule has 2 rings (SSSR count). The molecule has 2 heterocycles. The Kier molecular flexibility index (Phi) is 3.18. The van der Waals surface area contributed by atoms with Crippen molar-refractivity contribution in [3.05, 3.63) is 11.9 Å². The van der Waals surface area contributed by atoms with Gasteiger partial charge in [0.1, 0.15) is 0 Å². The van der Waals surface area contributed by atoms with E-state index in [4.69, 9.17) is 4.74 Å². The minimum atomic E-state index is 0.291. The summed E-state index contributed by atoms with van der Waals surface area (Å²) in [6.07, 6.45) is 4.06. The highest BCUT2D eigenvalue weighted by Crippen LogP contribution is 2.26. The minimum Gasteiger partial charge on any atom is -0.379 e. The van der Waals surface area contributed by atoms with Gasteiger partial charge < -0.3 is 4.74 Å². The Labute approximate surface area is 91.8 Å². The zero-order chi connectivity index (χ0) is 9.97. The van der Waals surface area contributed by atoms with E-state index in [-0.39, 0.29) is 0 Å². The quantitative estimate of drug-likeness (QED) is 0.764. The second kappa shape index (κ2) is 4.40. The second-order valence-electron chi connectivity index (χ2n) is 3.59. The fraction of sp³-hybridized carbons (Fsp3) is 0.778. The molecule has 0 radical (unpaired) electrons. The summed E-state index contributed by atoms with van der Waals surface area (Å²) in [6, 6.07) is 0.362. The van der Waals surface area contributed by atoms with Crippen molar-refractivity contribution in [1.29, 1.82) is 0 Å². The molecule has 0 aliphatic carbocycles. The van der Waals surface area contributed by atoms with Crippen molar-refractivity contribution in [3.8, 4) is 0 Å². The number of halogens is 1. The first kappa shape index (κ1) is 10.1. The molecule has 2 unspecified atom stereocenters. The highest BCUT2D eigenvalue weighted by atomic mass is 79.9. The van der Waals surface area contributed by atoms with Crippen LogP contribution in [0.2, 0.25) is 0 Å². The number of rotatable bonds is 2. The third kappa shape index (κ3) is 1.98. The summed E-state index contributed by atoms with van der Waals surface area (Å²) < 4.78 is 7.42. The molecule has 1 aliphatic rings. The van der Waals surface area contributed by atoms with Crippen LogP contribution in [0.25, 0.3) is 0 Å². The maximum absolute atomic E-state index is 5.44. The number of hydrogen-bond acceptors (Lipinski definition) is 3. The lowest BCUT2D eigenvalue weighted by atomic mass is 10.1. The second-order valence-corrected chi connectivity index (χ2v) is 4.96. The van der Waals surface area contributed by atoms with Gasteiger partial charge >= 0.3 is 0 Å². The lowest BCUT2D eigenvalue weighted by Crippen LogP contribution is -2.23. The Bertz CT molecular complexity index is 294. The molecule has 1 saturated heterocycles. The SMILES string of the molecule is CC(Br)c1cnnn1C1CCCOC1. The van der Waals surface area contributed by atoms with E-state index in [0.29, 0.717) is 10.9 Å². The Morgan fingerprint density at radius 3 is 3.21 bits per heavy atom. The molecule has 0 bridgehead atoms. The number of ether oxygens (including phenoxy) is 1. The van der Waals surface area contributed by atoms with Crippen LogP contribution in [0.4, 0.5) is 0 Å². The van der Waals surface area contributed by atoms with Crippen molar-refractivity contribution in [2.24, 2.45) is 0 Å². The van der Waals surface area contributed by atoms with Crippen LogP contribution in [0.3, 0.4) is 0 Å². The van der Waals surface area contributed by atoms with Gasteiger partial charge in [0.25, 0.3) is 0 Å². The maximum Gasteiger partial charge on any atom is 0.0774 e. The predicted molar refractivity (Wildman–Crippen MR) is 56.5 cm³/mol. The van der Waals surface area contributed by atoms with Gasteiger partial charge in [-0.25, -0.2) is 4.68 Å². The Morgan fingerprint density at radius 1 is 1.71 bits per heavy atom. The molecule has 0 saturated carbocycles. The first-order valence-electron chi connectivity index (χ1n) is 4.91. The molecule has 5 heteroatoms. The smallest absolute Gasteiger partial charge is 0.0774 e. The summed E-state index contributed by atoms with van der Waals surface area (Å²) >= 11 is 3.54. The summed E-state index contributed by atoms with van der Waals surface area (Å²) in [4.78, 5) is 0.291. The van der Waals surface area contributed by atoms with Gasteiger partial charge in [-0.1, -0.05) is 21.1 Å². The average molecular weight is 260 g/mol. The number of hydrogen-bond donors (Lipinski definition) is 0. The fourth-order valence-corrected chi connectivity index (χ4v) is 2.06. The van der Waals surface area contributed by atoms with E-state index < -0.39 is 0 Å². The van der Waals surface area contributed by atoms with E-state index in [9.17, 15) is 0 Å². The molecule has 1 aliphatic heterocycles. The van der Waals surface area contributed by atoms with Crippen LogP contribution < -0.4 is 0 Å². The van der Waals surface area contributed by atoms with Crippen LogP contribution >= 0.6 is 15.9 Å². The molecule has 1 aromatic rings. The summed E-state index contributed by atoms with van der Waals surface area (Å²) in [5.74, 6) is 0. The van der Waals surface area contributed by atoms with E-state index in [2.05, 4.69) is 33.2 Å². The van der Waals surface area contributed by atoms with Crippen molar-refractivity contribution in [1.82, 2.24) is 15.0 Å². The van der Waals surface area contributed by atoms with Crippen LogP contribution in [0.1, 0.15) is 36.3 Å². The number of nitrogens with zero attached hydrogens (tertiary/aromatic N) is 3. The van der Waals surface area contributed by atoms with Crippen LogP contribution in [0.5, 0.6) is 0 Å². The third-order valence-electron chi connectivity index (χ3n) is 2.49. The largest absolute Gasteiger partial charge is 0.379 e. The average Bonchev–Trinajstić information content (AvgIpc) is 2.67. The van der Waals surface area contributed by atoms with Gasteiger partial charge in [0.15, 0.2) is 0 Å². The Balaban J connectivity index is 2.17. The van der Waals surface area contributed by atoms with Gasteiger partial charge in [-0.15, -0.1) is 5.10 Å². The molecule has 1 aromatic heterocycles. The first-order valence-corrected chi connectivity index (χ1v) is 5.82. The molecule has 1 fully saturated rings. The van der Waals surface area contributed by atoms with E-state index >= 15 is 0 Å². The summed E-state index contributed by atoms with van der Waals surface area (Å²) in [6.45, 7) is 3.72. The fourth-order valence-electron chi connectivity index (χ4n) is 1.74. The Hall–Kier alpha value is -0.420. The summed E-state index contributed by atoms with van der Waals surface area (Å²) in [5.41, 5.74) is 1.13. The molecular weight excluding hydrogens is 246 g/mol. The van der Waals surface area contributed by atoms with Gasteiger partial charge in [0.05, 0.1) is 29.4 Å². The molecule has 0 aromatic carbocycles. The normalized spacial score (nSPS) is 24.9. The monoisotopic (exact) mass is 259 g/mol. The molecule has 2 atom stereocenters. The minimum absolute atomic E-state index is 0.291. The van der Waals surface area contributed by atoms with Gasteiger partial charge in [0.2, 0.25) is 0 Å². The summed E-state index contributed by atoms with van der Waals surface area (Å²) in [7, 11) is 0. The zero-order valence-corrected chi connectivity index (χ0v) is 9.77. The van der Waals surface area contributed by atoms with Crippen LogP contribution in [0.15, 0.2) is 6.20 Å². The van der Waals surface area contributed by atoms with Crippen molar-refractivity contribution in [2.45, 2.75) is 30.6 Å². The van der Waals surface area contributed by atoms with Crippen LogP contribution in [-0.4, -0.2) is 28.2 Å². The predicted octanol–water partition coefficient (Wildman–Crippen LogP) is 2.09. The van der Waals surface area contributed by atoms with Crippen LogP contribution in [0, 0.1) is 0 Å². The molecule has 0 N–H and O–H groups in total. The molecular formula is C9H14BrN3O. The van der Waals surface area contributed by atoms with Crippen molar-refractivity contribution >= 4 is 15.9 Å². The van der Waals surface area contributed by atoms with Crippen molar-refractivity contribution < 1.29 is 4.74 Å². The number of alkyl halides is 1. The molecule has 4 nitrogen and oxygen atoms in total. The van der Waals surface area contributed by atoms with Crippen LogP contribution in [-0.2, 0) is 4.74 Å². The highest BCUT2D eigenvalue weighted by Gasteiger charge is 2.20. The van der Waals surface area contributed by atoms with Gasteiger partial charge in [-0.3, -0.25) is 0 Å². The highest BCUT2D eigenvalue weighted by molar-refractivity contribution is 9.09. The molecule has 14 heavy (non-hydrogen) atoms. The first-order chi connectivity index (χ1) is 6.79. The number of aromatic nitrogens is 3. The molecule has 78 valence electrons. The standard InChI is InChI=1S/C9H14BrN3O/c1-7(10)9-5-11-12-13(9)8-3-2-4-14-6-8/h5,7-8H,2-4,6H2,1H3. The zero-order valence-electron chi connectivity index (χ0n) is 8.19. The van der Waals surface area contributed by atoms with E-state index in [0.717, 1.165) is 31.7 Å². The topological polar surface area (TPSA) is 39.9 Å². The Morgan fingerprint density at radius 2 is 2.57 bits per heavy atom. The third-order valence-corrected chi connectivity index (χ3v) is 2.96.